The summed E-state index contributed by atoms with van der Waals surface area (Å²) >= 11 is 0. The van der Waals surface area contributed by atoms with Crippen LogP contribution in [0.2, 0.25) is 0 Å². The van der Waals surface area contributed by atoms with Crippen LogP contribution in [-0.2, 0) is 65.4 Å². The predicted molar refractivity (Wildman–Crippen MR) is 345 cm³/mol. The zero-order valence-electron chi connectivity index (χ0n) is 55.4. The third kappa shape index (κ3) is 60.9. The summed E-state index contributed by atoms with van der Waals surface area (Å²) in [5, 5.41) is 10.5. The summed E-state index contributed by atoms with van der Waals surface area (Å²) in [5.41, 5.74) is 0. The van der Waals surface area contributed by atoms with E-state index in [0.29, 0.717) is 25.7 Å². The standard InChI is InChI=1S/C67H130O17P2/c1-6-9-12-15-18-20-22-23-24-25-26-27-28-32-38-43-48-53-67(72)84-63(57-78-65(70)51-46-41-36-33-29-30-35-39-44-49-60(4)5)59-82-86(75,76)80-55-61(68)54-79-85(73,74)81-58-62(56-77-64(69)50-45-40-34-17-14-11-8-3)83-66(71)52-47-42-37-31-21-19-16-13-10-7-2/h60-63,68H,6-59H2,1-5H3,(H,73,74)(H,75,76)/t61-,62+,63+/m0/s1. The first kappa shape index (κ1) is 84.1. The Morgan fingerprint density at radius 3 is 0.791 bits per heavy atom. The smallest absolute Gasteiger partial charge is 0.462 e. The average Bonchev–Trinajstić information content (AvgIpc) is 3.65. The van der Waals surface area contributed by atoms with Crippen molar-refractivity contribution >= 4 is 39.5 Å². The van der Waals surface area contributed by atoms with Crippen LogP contribution >= 0.6 is 15.6 Å². The largest absolute Gasteiger partial charge is 0.472 e. The van der Waals surface area contributed by atoms with Crippen LogP contribution in [-0.4, -0.2) is 96.7 Å². The zero-order chi connectivity index (χ0) is 63.5. The van der Waals surface area contributed by atoms with Gasteiger partial charge in [0.1, 0.15) is 19.3 Å². The first-order valence-electron chi connectivity index (χ1n) is 35.1. The third-order valence-electron chi connectivity index (χ3n) is 15.5. The number of carbonyl (C=O) groups is 4. The Morgan fingerprint density at radius 2 is 0.535 bits per heavy atom. The summed E-state index contributed by atoms with van der Waals surface area (Å²) in [4.78, 5) is 72.2. The minimum Gasteiger partial charge on any atom is -0.462 e. The van der Waals surface area contributed by atoms with Crippen molar-refractivity contribution in [1.29, 1.82) is 0 Å². The molecule has 17 nitrogen and oxygen atoms in total. The molecular formula is C67H130O17P2. The SMILES string of the molecule is CCCCCCCCCCCCCCCCCCCC(=O)O[C@H](COC(=O)CCCCCCCCCCCC(C)C)COP(=O)(O)OC[C@@H](O)COP(=O)(O)OC[C@@H](COC(=O)CCCCCCCCC)OC(=O)CCCCCCCCCCCC. The van der Waals surface area contributed by atoms with Crippen molar-refractivity contribution in [3.8, 4) is 0 Å². The lowest BCUT2D eigenvalue weighted by molar-refractivity contribution is -0.161. The van der Waals surface area contributed by atoms with Crippen LogP contribution in [0.3, 0.4) is 0 Å². The molecule has 0 radical (unpaired) electrons. The molecule has 0 spiro atoms. The molecule has 3 N–H and O–H groups in total. The second-order valence-corrected chi connectivity index (χ2v) is 27.6. The molecule has 5 atom stereocenters. The molecule has 0 aliphatic rings. The highest BCUT2D eigenvalue weighted by Gasteiger charge is 2.30. The van der Waals surface area contributed by atoms with E-state index in [1.807, 2.05) is 0 Å². The average molecular weight is 1270 g/mol. The van der Waals surface area contributed by atoms with Gasteiger partial charge in [-0.2, -0.15) is 0 Å². The zero-order valence-corrected chi connectivity index (χ0v) is 57.2. The van der Waals surface area contributed by atoms with Gasteiger partial charge in [-0.1, -0.05) is 291 Å². The maximum atomic E-state index is 13.0. The van der Waals surface area contributed by atoms with Gasteiger partial charge in [-0.3, -0.25) is 37.3 Å². The molecule has 0 saturated carbocycles. The van der Waals surface area contributed by atoms with Crippen LogP contribution in [0.4, 0.5) is 0 Å². The van der Waals surface area contributed by atoms with E-state index >= 15 is 0 Å². The molecule has 2 unspecified atom stereocenters. The fourth-order valence-electron chi connectivity index (χ4n) is 10.1. The molecule has 86 heavy (non-hydrogen) atoms. The number of phosphoric ester groups is 2. The fourth-order valence-corrected chi connectivity index (χ4v) is 11.7. The van der Waals surface area contributed by atoms with Crippen molar-refractivity contribution in [2.24, 2.45) is 5.92 Å². The van der Waals surface area contributed by atoms with Crippen molar-refractivity contribution in [3.05, 3.63) is 0 Å². The number of esters is 4. The lowest BCUT2D eigenvalue weighted by Crippen LogP contribution is -2.30. The Kier molecular flexibility index (Phi) is 59.2. The molecule has 0 fully saturated rings. The van der Waals surface area contributed by atoms with Gasteiger partial charge in [0.05, 0.1) is 26.4 Å². The van der Waals surface area contributed by atoms with Crippen molar-refractivity contribution in [2.45, 2.75) is 361 Å². The highest BCUT2D eigenvalue weighted by Crippen LogP contribution is 2.45. The lowest BCUT2D eigenvalue weighted by atomic mass is 10.0. The van der Waals surface area contributed by atoms with Gasteiger partial charge in [0.25, 0.3) is 0 Å². The van der Waals surface area contributed by atoms with Crippen molar-refractivity contribution in [1.82, 2.24) is 0 Å². The van der Waals surface area contributed by atoms with E-state index in [2.05, 4.69) is 34.6 Å². The van der Waals surface area contributed by atoms with Crippen molar-refractivity contribution in [2.75, 3.05) is 39.6 Å². The van der Waals surface area contributed by atoms with Crippen LogP contribution < -0.4 is 0 Å². The summed E-state index contributed by atoms with van der Waals surface area (Å²) in [6.07, 6.45) is 45.9. The number of phosphoric acid groups is 2. The van der Waals surface area contributed by atoms with Gasteiger partial charge in [-0.25, -0.2) is 9.13 Å². The maximum Gasteiger partial charge on any atom is 0.472 e. The van der Waals surface area contributed by atoms with E-state index in [1.165, 1.54) is 154 Å². The van der Waals surface area contributed by atoms with Crippen LogP contribution in [0.5, 0.6) is 0 Å². The highest BCUT2D eigenvalue weighted by molar-refractivity contribution is 7.47. The normalized spacial score (nSPS) is 14.2. The van der Waals surface area contributed by atoms with Crippen LogP contribution in [0.25, 0.3) is 0 Å². The number of rotatable bonds is 67. The molecular weight excluding hydrogens is 1140 g/mol. The number of carbonyl (C=O) groups excluding carboxylic acids is 4. The molecule has 510 valence electrons. The Bertz CT molecular complexity index is 1670. The number of hydrogen-bond acceptors (Lipinski definition) is 15. The van der Waals surface area contributed by atoms with Crippen LogP contribution in [0, 0.1) is 5.92 Å². The Morgan fingerprint density at radius 1 is 0.314 bits per heavy atom. The number of hydrogen-bond donors (Lipinski definition) is 3. The Labute approximate surface area is 524 Å². The van der Waals surface area contributed by atoms with Crippen LogP contribution in [0.15, 0.2) is 0 Å². The first-order chi connectivity index (χ1) is 41.5. The quantitative estimate of drug-likeness (QED) is 0.0222. The molecule has 0 bridgehead atoms. The molecule has 0 aliphatic carbocycles. The number of unbranched alkanes of at least 4 members (excludes halogenated alkanes) is 39. The van der Waals surface area contributed by atoms with Gasteiger partial charge in [0, 0.05) is 25.7 Å². The van der Waals surface area contributed by atoms with Crippen molar-refractivity contribution < 1.29 is 80.2 Å². The molecule has 0 aromatic carbocycles. The van der Waals surface area contributed by atoms with Gasteiger partial charge in [0.2, 0.25) is 0 Å². The molecule has 0 rings (SSSR count). The topological polar surface area (TPSA) is 237 Å². The molecule has 0 aliphatic heterocycles. The maximum absolute atomic E-state index is 13.0. The van der Waals surface area contributed by atoms with Gasteiger partial charge in [0.15, 0.2) is 12.2 Å². The van der Waals surface area contributed by atoms with E-state index in [0.717, 1.165) is 109 Å². The number of ether oxygens (including phenoxy) is 4. The van der Waals surface area contributed by atoms with E-state index in [4.69, 9.17) is 37.0 Å². The summed E-state index contributed by atoms with van der Waals surface area (Å²) in [5.74, 6) is -1.39. The summed E-state index contributed by atoms with van der Waals surface area (Å²) in [6.45, 7) is 7.16. The van der Waals surface area contributed by atoms with Gasteiger partial charge >= 0.3 is 39.5 Å². The van der Waals surface area contributed by atoms with E-state index < -0.39 is 97.5 Å². The number of aliphatic hydroxyl groups excluding tert-OH is 1. The molecule has 0 aromatic heterocycles. The van der Waals surface area contributed by atoms with E-state index in [-0.39, 0.29) is 25.7 Å². The molecule has 0 saturated heterocycles. The minimum absolute atomic E-state index is 0.106. The second kappa shape index (κ2) is 60.6. The van der Waals surface area contributed by atoms with E-state index in [9.17, 15) is 43.2 Å². The Hall–Kier alpha value is -1.94. The highest BCUT2D eigenvalue weighted by atomic mass is 31.2. The predicted octanol–water partition coefficient (Wildman–Crippen LogP) is 19.0. The monoisotopic (exact) mass is 1270 g/mol. The van der Waals surface area contributed by atoms with Crippen LogP contribution in [0.1, 0.15) is 343 Å². The third-order valence-corrected chi connectivity index (χ3v) is 17.4. The molecule has 0 amide bonds. The molecule has 19 heteroatoms. The first-order valence-corrected chi connectivity index (χ1v) is 38.1. The summed E-state index contributed by atoms with van der Waals surface area (Å²) in [7, 11) is -9.89. The molecule has 0 aromatic rings. The minimum atomic E-state index is -4.95. The second-order valence-electron chi connectivity index (χ2n) is 24.7. The lowest BCUT2D eigenvalue weighted by Gasteiger charge is -2.21. The Balaban J connectivity index is 5.19. The van der Waals surface area contributed by atoms with E-state index in [1.54, 1.807) is 0 Å². The van der Waals surface area contributed by atoms with Gasteiger partial charge in [-0.15, -0.1) is 0 Å². The van der Waals surface area contributed by atoms with Crippen molar-refractivity contribution in [3.63, 3.8) is 0 Å². The fraction of sp³-hybridized carbons (Fsp3) is 0.940. The summed E-state index contributed by atoms with van der Waals surface area (Å²) < 4.78 is 68.0. The summed E-state index contributed by atoms with van der Waals surface area (Å²) in [6, 6.07) is 0. The molecule has 0 heterocycles. The van der Waals surface area contributed by atoms with Gasteiger partial charge in [-0.05, 0) is 31.6 Å². The number of aliphatic hydroxyl groups is 1. The van der Waals surface area contributed by atoms with Gasteiger partial charge < -0.3 is 33.8 Å².